The van der Waals surface area contributed by atoms with E-state index in [1.165, 1.54) is 11.8 Å². The van der Waals surface area contributed by atoms with E-state index >= 15 is 0 Å². The molecule has 5 nitrogen and oxygen atoms in total. The number of rotatable bonds is 4. The van der Waals surface area contributed by atoms with Gasteiger partial charge in [0.1, 0.15) is 11.6 Å². The van der Waals surface area contributed by atoms with Gasteiger partial charge in [0.2, 0.25) is 0 Å². The molecule has 2 heterocycles. The van der Waals surface area contributed by atoms with E-state index < -0.39 is 0 Å². The average Bonchev–Trinajstić information content (AvgIpc) is 2.47. The third-order valence-corrected chi connectivity index (χ3v) is 3.69. The second-order valence-corrected chi connectivity index (χ2v) is 5.23. The number of thioether (sulfide) groups is 1. The molecule has 6 heteroatoms. The van der Waals surface area contributed by atoms with Crippen molar-refractivity contribution in [1.29, 1.82) is 5.26 Å². The molecule has 0 aromatic carbocycles. The van der Waals surface area contributed by atoms with Crippen LogP contribution in [0.3, 0.4) is 0 Å². The number of piperazine rings is 1. The van der Waals surface area contributed by atoms with Gasteiger partial charge >= 0.3 is 0 Å². The van der Waals surface area contributed by atoms with Crippen LogP contribution in [0.4, 0.5) is 5.82 Å². The maximum absolute atomic E-state index is 9.44. The summed E-state index contributed by atoms with van der Waals surface area (Å²) in [6.45, 7) is 5.77. The van der Waals surface area contributed by atoms with E-state index in [0.29, 0.717) is 5.56 Å². The van der Waals surface area contributed by atoms with Crippen molar-refractivity contribution in [3.8, 4) is 6.07 Å². The van der Waals surface area contributed by atoms with E-state index in [1.54, 1.807) is 0 Å². The van der Waals surface area contributed by atoms with Crippen molar-refractivity contribution in [2.45, 2.75) is 24.9 Å². The number of nitrogens with one attached hydrogen (secondary N) is 1. The van der Waals surface area contributed by atoms with Gasteiger partial charge in [-0.25, -0.2) is 9.97 Å². The fraction of sp³-hybridized carbons (Fsp3) is 0.615. The molecule has 1 N–H and O–H groups in total. The molecule has 1 saturated heterocycles. The first kappa shape index (κ1) is 14.1. The summed E-state index contributed by atoms with van der Waals surface area (Å²) in [5.41, 5.74) is 1.54. The molecule has 0 unspecified atom stereocenters. The predicted octanol–water partition coefficient (Wildman–Crippen LogP) is 1.43. The minimum Gasteiger partial charge on any atom is -0.353 e. The summed E-state index contributed by atoms with van der Waals surface area (Å²) >= 11 is 1.53. The highest BCUT2D eigenvalue weighted by Gasteiger charge is 2.20. The topological polar surface area (TPSA) is 64.8 Å². The van der Waals surface area contributed by atoms with E-state index in [1.807, 2.05) is 6.26 Å². The van der Waals surface area contributed by atoms with E-state index in [2.05, 4.69) is 33.2 Å². The SMILES string of the molecule is CCCc1nc(SC)nc(N2CCNCC2)c1C#N. The zero-order valence-corrected chi connectivity index (χ0v) is 12.3. The van der Waals surface area contributed by atoms with Crippen LogP contribution in [0.1, 0.15) is 24.6 Å². The summed E-state index contributed by atoms with van der Waals surface area (Å²) in [5.74, 6) is 0.812. The lowest BCUT2D eigenvalue weighted by Gasteiger charge is -2.29. The summed E-state index contributed by atoms with van der Waals surface area (Å²) in [4.78, 5) is 11.2. The Bertz CT molecular complexity index is 477. The highest BCUT2D eigenvalue weighted by molar-refractivity contribution is 7.98. The number of hydrogen-bond donors (Lipinski definition) is 1. The Kier molecular flexibility index (Phi) is 5.00. The average molecular weight is 277 g/mol. The van der Waals surface area contributed by atoms with Crippen molar-refractivity contribution in [2.24, 2.45) is 0 Å². The van der Waals surface area contributed by atoms with Gasteiger partial charge in [0.25, 0.3) is 0 Å². The largest absolute Gasteiger partial charge is 0.353 e. The van der Waals surface area contributed by atoms with Crippen LogP contribution < -0.4 is 10.2 Å². The molecular formula is C13H19N5S. The second-order valence-electron chi connectivity index (χ2n) is 4.45. The molecule has 0 atom stereocenters. The summed E-state index contributed by atoms with van der Waals surface area (Å²) < 4.78 is 0. The number of aryl methyl sites for hydroxylation is 1. The fourth-order valence-corrected chi connectivity index (χ4v) is 2.58. The zero-order valence-electron chi connectivity index (χ0n) is 11.4. The Balaban J connectivity index is 2.44. The molecular weight excluding hydrogens is 258 g/mol. The van der Waals surface area contributed by atoms with E-state index in [9.17, 15) is 5.26 Å². The zero-order chi connectivity index (χ0) is 13.7. The van der Waals surface area contributed by atoms with Gasteiger partial charge in [-0.1, -0.05) is 25.1 Å². The first-order chi connectivity index (χ1) is 9.30. The minimum absolute atomic E-state index is 0.654. The van der Waals surface area contributed by atoms with Gasteiger partial charge in [-0.3, -0.25) is 0 Å². The molecule has 19 heavy (non-hydrogen) atoms. The fourth-order valence-electron chi connectivity index (χ4n) is 2.20. The van der Waals surface area contributed by atoms with Crippen LogP contribution in [0.5, 0.6) is 0 Å². The van der Waals surface area contributed by atoms with Gasteiger partial charge in [-0.05, 0) is 12.7 Å². The third kappa shape index (κ3) is 3.17. The van der Waals surface area contributed by atoms with Crippen molar-refractivity contribution in [1.82, 2.24) is 15.3 Å². The predicted molar refractivity (Wildman–Crippen MR) is 77.6 cm³/mol. The number of anilines is 1. The molecule has 0 bridgehead atoms. The van der Waals surface area contributed by atoms with Crippen LogP contribution in [0.15, 0.2) is 5.16 Å². The smallest absolute Gasteiger partial charge is 0.189 e. The molecule has 1 aromatic rings. The standard InChI is InChI=1S/C13H19N5S/c1-3-4-11-10(9-14)12(17-13(16-11)19-2)18-7-5-15-6-8-18/h15H,3-8H2,1-2H3. The van der Waals surface area contributed by atoms with Gasteiger partial charge in [0.15, 0.2) is 11.0 Å². The number of nitriles is 1. The lowest BCUT2D eigenvalue weighted by Crippen LogP contribution is -2.44. The number of hydrogen-bond acceptors (Lipinski definition) is 6. The van der Waals surface area contributed by atoms with Crippen LogP contribution >= 0.6 is 11.8 Å². The van der Waals surface area contributed by atoms with Crippen LogP contribution in [0.25, 0.3) is 0 Å². The second kappa shape index (κ2) is 6.73. The van der Waals surface area contributed by atoms with Crippen LogP contribution in [-0.4, -0.2) is 42.4 Å². The van der Waals surface area contributed by atoms with Crippen molar-refractivity contribution in [2.75, 3.05) is 37.3 Å². The Labute approximate surface area is 118 Å². The Hall–Kier alpha value is -1.32. The number of aromatic nitrogens is 2. The molecule has 0 radical (unpaired) electrons. The van der Waals surface area contributed by atoms with Crippen LogP contribution in [0.2, 0.25) is 0 Å². The normalized spacial score (nSPS) is 15.3. The lowest BCUT2D eigenvalue weighted by molar-refractivity contribution is 0.581. The molecule has 1 fully saturated rings. The molecule has 1 aliphatic heterocycles. The van der Waals surface area contributed by atoms with E-state index in [0.717, 1.165) is 55.7 Å². The van der Waals surface area contributed by atoms with E-state index in [-0.39, 0.29) is 0 Å². The van der Waals surface area contributed by atoms with Crippen molar-refractivity contribution < 1.29 is 0 Å². The first-order valence-electron chi connectivity index (χ1n) is 6.60. The van der Waals surface area contributed by atoms with Crippen LogP contribution in [0, 0.1) is 11.3 Å². The molecule has 0 aliphatic carbocycles. The lowest BCUT2D eigenvalue weighted by atomic mass is 10.1. The quantitative estimate of drug-likeness (QED) is 0.663. The minimum atomic E-state index is 0.654. The molecule has 0 spiro atoms. The Morgan fingerprint density at radius 1 is 1.37 bits per heavy atom. The summed E-state index contributed by atoms with van der Waals surface area (Å²) in [6, 6.07) is 2.30. The number of nitrogens with zero attached hydrogens (tertiary/aromatic N) is 4. The Morgan fingerprint density at radius 3 is 2.68 bits per heavy atom. The maximum atomic E-state index is 9.44. The highest BCUT2D eigenvalue weighted by Crippen LogP contribution is 2.24. The highest BCUT2D eigenvalue weighted by atomic mass is 32.2. The monoisotopic (exact) mass is 277 g/mol. The molecule has 0 amide bonds. The molecule has 1 aliphatic rings. The third-order valence-electron chi connectivity index (χ3n) is 3.14. The molecule has 102 valence electrons. The first-order valence-corrected chi connectivity index (χ1v) is 7.83. The van der Waals surface area contributed by atoms with Gasteiger partial charge in [-0.15, -0.1) is 0 Å². The van der Waals surface area contributed by atoms with Gasteiger partial charge in [-0.2, -0.15) is 5.26 Å². The molecule has 1 aromatic heterocycles. The Morgan fingerprint density at radius 2 is 2.11 bits per heavy atom. The van der Waals surface area contributed by atoms with Gasteiger partial charge < -0.3 is 10.2 Å². The summed E-state index contributed by atoms with van der Waals surface area (Å²) in [5, 5.41) is 13.5. The maximum Gasteiger partial charge on any atom is 0.189 e. The van der Waals surface area contributed by atoms with Crippen molar-refractivity contribution >= 4 is 17.6 Å². The van der Waals surface area contributed by atoms with Crippen molar-refractivity contribution in [3.63, 3.8) is 0 Å². The summed E-state index contributed by atoms with van der Waals surface area (Å²) in [7, 11) is 0. The van der Waals surface area contributed by atoms with E-state index in [4.69, 9.17) is 0 Å². The van der Waals surface area contributed by atoms with Gasteiger partial charge in [0, 0.05) is 26.2 Å². The van der Waals surface area contributed by atoms with Crippen LogP contribution in [-0.2, 0) is 6.42 Å². The molecule has 2 rings (SSSR count). The van der Waals surface area contributed by atoms with Gasteiger partial charge in [0.05, 0.1) is 5.69 Å². The van der Waals surface area contributed by atoms with Crippen molar-refractivity contribution in [3.05, 3.63) is 11.3 Å². The summed E-state index contributed by atoms with van der Waals surface area (Å²) in [6.07, 6.45) is 3.79. The molecule has 0 saturated carbocycles.